The summed E-state index contributed by atoms with van der Waals surface area (Å²) < 4.78 is 6.93. The highest BCUT2D eigenvalue weighted by Gasteiger charge is 2.17. The maximum Gasteiger partial charge on any atom is 0.354 e. The van der Waals surface area contributed by atoms with Gasteiger partial charge in [-0.05, 0) is 18.6 Å². The molecule has 1 amide bonds. The van der Waals surface area contributed by atoms with E-state index in [9.17, 15) is 9.59 Å². The molecule has 8 nitrogen and oxygen atoms in total. The number of aromatic carboxylic acids is 1. The van der Waals surface area contributed by atoms with Crippen molar-refractivity contribution in [3.8, 4) is 5.88 Å². The number of nitrogens with one attached hydrogen (secondary N) is 1. The lowest BCUT2D eigenvalue weighted by Crippen LogP contribution is -2.24. The van der Waals surface area contributed by atoms with Gasteiger partial charge in [0.15, 0.2) is 0 Å². The molecule has 0 bridgehead atoms. The molecule has 2 aromatic heterocycles. The fourth-order valence-electron chi connectivity index (χ4n) is 2.28. The molecule has 0 fully saturated rings. The van der Waals surface area contributed by atoms with Gasteiger partial charge in [0.2, 0.25) is 5.88 Å². The van der Waals surface area contributed by atoms with Crippen molar-refractivity contribution in [2.45, 2.75) is 19.9 Å². The van der Waals surface area contributed by atoms with Gasteiger partial charge in [0.1, 0.15) is 5.69 Å². The predicted molar refractivity (Wildman–Crippen MR) is 81.5 cm³/mol. The molecular formula is C15H18N4O4. The zero-order valence-electron chi connectivity index (χ0n) is 13.2. The summed E-state index contributed by atoms with van der Waals surface area (Å²) in [6.45, 7) is 2.21. The van der Waals surface area contributed by atoms with E-state index in [2.05, 4.69) is 15.4 Å². The molecule has 0 spiro atoms. The van der Waals surface area contributed by atoms with Crippen molar-refractivity contribution in [2.24, 2.45) is 7.05 Å². The first-order valence-corrected chi connectivity index (χ1v) is 7.04. The van der Waals surface area contributed by atoms with Crippen LogP contribution in [0.2, 0.25) is 0 Å². The summed E-state index contributed by atoms with van der Waals surface area (Å²) in [6, 6.07) is 2.70. The Morgan fingerprint density at radius 2 is 2.17 bits per heavy atom. The molecular weight excluding hydrogens is 300 g/mol. The molecule has 2 N–H and O–H groups in total. The Kier molecular flexibility index (Phi) is 4.95. The molecule has 0 unspecified atom stereocenters. The highest BCUT2D eigenvalue weighted by molar-refractivity contribution is 5.96. The van der Waals surface area contributed by atoms with Crippen LogP contribution in [-0.4, -0.2) is 38.9 Å². The van der Waals surface area contributed by atoms with Gasteiger partial charge in [-0.15, -0.1) is 0 Å². The first-order chi connectivity index (χ1) is 11.0. The summed E-state index contributed by atoms with van der Waals surface area (Å²) in [5, 5.41) is 16.0. The lowest BCUT2D eigenvalue weighted by molar-refractivity contribution is 0.0690. The van der Waals surface area contributed by atoms with Gasteiger partial charge in [0, 0.05) is 18.8 Å². The number of hydrogen-bond donors (Lipinski definition) is 2. The smallest absolute Gasteiger partial charge is 0.354 e. The van der Waals surface area contributed by atoms with E-state index in [1.54, 1.807) is 18.8 Å². The number of aryl methyl sites for hydroxylation is 2. The third-order valence-electron chi connectivity index (χ3n) is 3.37. The molecule has 23 heavy (non-hydrogen) atoms. The summed E-state index contributed by atoms with van der Waals surface area (Å²) in [6.07, 6.45) is 2.00. The summed E-state index contributed by atoms with van der Waals surface area (Å²) in [5.74, 6) is -0.979. The first-order valence-electron chi connectivity index (χ1n) is 7.04. The Labute approximate surface area is 133 Å². The Morgan fingerprint density at radius 3 is 2.78 bits per heavy atom. The van der Waals surface area contributed by atoms with E-state index < -0.39 is 5.97 Å². The van der Waals surface area contributed by atoms with Crippen molar-refractivity contribution in [1.82, 2.24) is 20.1 Å². The topological polar surface area (TPSA) is 106 Å². The van der Waals surface area contributed by atoms with E-state index >= 15 is 0 Å². The van der Waals surface area contributed by atoms with Crippen molar-refractivity contribution in [2.75, 3.05) is 7.11 Å². The summed E-state index contributed by atoms with van der Waals surface area (Å²) in [7, 11) is 3.31. The number of amides is 1. The van der Waals surface area contributed by atoms with Crippen LogP contribution in [0.5, 0.6) is 5.88 Å². The van der Waals surface area contributed by atoms with Crippen LogP contribution in [0.1, 0.15) is 39.0 Å². The molecule has 8 heteroatoms. The number of carboxylic acids is 1. The van der Waals surface area contributed by atoms with Gasteiger partial charge in [-0.3, -0.25) is 4.79 Å². The molecule has 0 saturated carbocycles. The zero-order valence-corrected chi connectivity index (χ0v) is 13.2. The molecule has 0 radical (unpaired) electrons. The number of rotatable bonds is 6. The number of nitrogens with zero attached hydrogens (tertiary/aromatic N) is 3. The Morgan fingerprint density at radius 1 is 1.43 bits per heavy atom. The molecule has 2 heterocycles. The fraction of sp³-hybridized carbons (Fsp3) is 0.333. The van der Waals surface area contributed by atoms with Crippen LogP contribution in [0.25, 0.3) is 0 Å². The minimum atomic E-state index is -1.18. The van der Waals surface area contributed by atoms with Crippen LogP contribution < -0.4 is 10.1 Å². The van der Waals surface area contributed by atoms with E-state index in [4.69, 9.17) is 9.84 Å². The molecule has 0 aliphatic rings. The van der Waals surface area contributed by atoms with Crippen LogP contribution in [0.15, 0.2) is 18.3 Å². The van der Waals surface area contributed by atoms with Gasteiger partial charge in [0.25, 0.3) is 5.91 Å². The number of carbonyl (C=O) groups is 2. The minimum Gasteiger partial charge on any atom is -0.481 e. The number of pyridine rings is 1. The average molecular weight is 318 g/mol. The largest absolute Gasteiger partial charge is 0.481 e. The number of carbonyl (C=O) groups excluding carboxylic acids is 1. The summed E-state index contributed by atoms with van der Waals surface area (Å²) in [5.41, 5.74) is 1.70. The second-order valence-electron chi connectivity index (χ2n) is 4.83. The Hall–Kier alpha value is -2.90. The van der Waals surface area contributed by atoms with E-state index in [0.29, 0.717) is 12.3 Å². The highest BCUT2D eigenvalue weighted by Crippen LogP contribution is 2.21. The monoisotopic (exact) mass is 318 g/mol. The van der Waals surface area contributed by atoms with Crippen molar-refractivity contribution in [1.29, 1.82) is 0 Å². The molecule has 0 saturated heterocycles. The second-order valence-corrected chi connectivity index (χ2v) is 4.83. The number of carboxylic acid groups (broad SMARTS) is 1. The highest BCUT2D eigenvalue weighted by atomic mass is 16.5. The van der Waals surface area contributed by atoms with E-state index in [1.165, 1.54) is 18.3 Å². The first kappa shape index (κ1) is 16.5. The van der Waals surface area contributed by atoms with Crippen molar-refractivity contribution in [3.63, 3.8) is 0 Å². The van der Waals surface area contributed by atoms with Crippen LogP contribution in [-0.2, 0) is 20.0 Å². The normalized spacial score (nSPS) is 10.4. The maximum atomic E-state index is 12.2. The third-order valence-corrected chi connectivity index (χ3v) is 3.37. The van der Waals surface area contributed by atoms with Crippen LogP contribution in [0.4, 0.5) is 0 Å². The molecule has 2 aromatic rings. The van der Waals surface area contributed by atoms with Crippen molar-refractivity contribution < 1.29 is 19.4 Å². The Bertz CT molecular complexity index is 739. The number of methoxy groups -OCH3 is 1. The van der Waals surface area contributed by atoms with Crippen LogP contribution in [0, 0.1) is 0 Å². The molecule has 0 aromatic carbocycles. The average Bonchev–Trinajstić information content (AvgIpc) is 2.87. The number of aromatic nitrogens is 3. The van der Waals surface area contributed by atoms with Gasteiger partial charge in [-0.1, -0.05) is 6.92 Å². The van der Waals surface area contributed by atoms with Crippen LogP contribution >= 0.6 is 0 Å². The van der Waals surface area contributed by atoms with Gasteiger partial charge in [-0.25, -0.2) is 14.5 Å². The molecule has 0 aliphatic heterocycles. The van der Waals surface area contributed by atoms with Crippen molar-refractivity contribution >= 4 is 11.9 Å². The molecule has 0 aliphatic carbocycles. The van der Waals surface area contributed by atoms with E-state index in [0.717, 1.165) is 11.3 Å². The van der Waals surface area contributed by atoms with Crippen molar-refractivity contribution in [3.05, 3.63) is 40.8 Å². The summed E-state index contributed by atoms with van der Waals surface area (Å²) in [4.78, 5) is 26.8. The lowest BCUT2D eigenvalue weighted by atomic mass is 10.1. The van der Waals surface area contributed by atoms with Gasteiger partial charge in [-0.2, -0.15) is 5.10 Å². The SMILES string of the molecule is CCc1nn(C)c(OC)c1CNC(=O)c1ccnc(C(=O)O)c1. The quantitative estimate of drug-likeness (QED) is 0.823. The second kappa shape index (κ2) is 6.91. The fourth-order valence-corrected chi connectivity index (χ4v) is 2.28. The predicted octanol–water partition coefficient (Wildman–Crippen LogP) is 1.01. The number of ether oxygens (including phenoxy) is 1. The number of hydrogen-bond acceptors (Lipinski definition) is 5. The summed E-state index contributed by atoms with van der Waals surface area (Å²) >= 11 is 0. The lowest BCUT2D eigenvalue weighted by Gasteiger charge is -2.08. The van der Waals surface area contributed by atoms with E-state index in [-0.39, 0.29) is 23.7 Å². The molecule has 122 valence electrons. The maximum absolute atomic E-state index is 12.2. The van der Waals surface area contributed by atoms with E-state index in [1.807, 2.05) is 6.92 Å². The van der Waals surface area contributed by atoms with Gasteiger partial charge in [0.05, 0.1) is 24.9 Å². The standard InChI is InChI=1S/C15H18N4O4/c1-4-11-10(14(23-3)19(2)18-11)8-17-13(20)9-5-6-16-12(7-9)15(21)22/h5-7H,4,8H2,1-3H3,(H,17,20)(H,21,22). The van der Waals surface area contributed by atoms with Crippen LogP contribution in [0.3, 0.4) is 0 Å². The van der Waals surface area contributed by atoms with Gasteiger partial charge < -0.3 is 15.2 Å². The third kappa shape index (κ3) is 3.47. The Balaban J connectivity index is 2.16. The minimum absolute atomic E-state index is 0.175. The zero-order chi connectivity index (χ0) is 17.0. The van der Waals surface area contributed by atoms with Gasteiger partial charge >= 0.3 is 5.97 Å². The molecule has 2 rings (SSSR count). The molecule has 0 atom stereocenters.